The minimum Gasteiger partial charge on any atom is -0.453 e. The van der Waals surface area contributed by atoms with Crippen molar-refractivity contribution in [2.45, 2.75) is 45.7 Å². The van der Waals surface area contributed by atoms with Crippen LogP contribution in [0.2, 0.25) is 0 Å². The van der Waals surface area contributed by atoms with Gasteiger partial charge in [-0.3, -0.25) is 10.1 Å². The minimum atomic E-state index is -0.609. The fourth-order valence-electron chi connectivity index (χ4n) is 5.39. The Morgan fingerprint density at radius 2 is 1.93 bits per heavy atom. The number of aromatic amines is 1. The van der Waals surface area contributed by atoms with E-state index in [0.29, 0.717) is 43.1 Å². The third kappa shape index (κ3) is 6.27. The van der Waals surface area contributed by atoms with Gasteiger partial charge in [0.1, 0.15) is 11.6 Å². The van der Waals surface area contributed by atoms with Crippen LogP contribution >= 0.6 is 0 Å². The molecule has 42 heavy (non-hydrogen) atoms. The number of amides is 3. The van der Waals surface area contributed by atoms with Crippen LogP contribution < -0.4 is 5.32 Å². The van der Waals surface area contributed by atoms with Crippen LogP contribution in [-0.4, -0.2) is 57.9 Å². The summed E-state index contributed by atoms with van der Waals surface area (Å²) in [4.78, 5) is 48.9. The molecule has 1 aliphatic rings. The second-order valence-electron chi connectivity index (χ2n) is 10.5. The number of aromatic nitrogens is 2. The number of aryl methyl sites for hydroxylation is 1. The first-order chi connectivity index (χ1) is 20.2. The van der Waals surface area contributed by atoms with Crippen LogP contribution in [0.4, 0.5) is 19.9 Å². The molecule has 2 heterocycles. The van der Waals surface area contributed by atoms with Gasteiger partial charge in [-0.2, -0.15) is 0 Å². The first kappa shape index (κ1) is 28.8. The zero-order valence-electron chi connectivity index (χ0n) is 23.9. The minimum absolute atomic E-state index is 0.0707. The second kappa shape index (κ2) is 12.4. The number of Topliss-reactive ketones (excluding diaryl/α,β-unsaturated/α-hetero) is 1. The number of imidazole rings is 1. The molecule has 9 nitrogen and oxygen atoms in total. The van der Waals surface area contributed by atoms with Gasteiger partial charge in [0.15, 0.2) is 0 Å². The van der Waals surface area contributed by atoms with Gasteiger partial charge in [0, 0.05) is 32.5 Å². The molecule has 0 radical (unpaired) electrons. The van der Waals surface area contributed by atoms with Crippen LogP contribution in [0, 0.1) is 12.7 Å². The Labute approximate surface area is 243 Å². The largest absolute Gasteiger partial charge is 0.453 e. The normalized spacial score (nSPS) is 15.1. The number of likely N-dealkylation sites (tertiary alicyclic amines) is 1. The van der Waals surface area contributed by atoms with E-state index in [4.69, 9.17) is 0 Å². The summed E-state index contributed by atoms with van der Waals surface area (Å²) in [5.74, 6) is -0.0235. The zero-order valence-corrected chi connectivity index (χ0v) is 23.9. The number of hydrogen-bond donors (Lipinski definition) is 2. The highest BCUT2D eigenvalue weighted by Gasteiger charge is 2.34. The Hall–Kier alpha value is -4.73. The monoisotopic (exact) mass is 571 g/mol. The molecule has 1 unspecified atom stereocenters. The fourth-order valence-corrected chi connectivity index (χ4v) is 5.39. The number of nitrogens with one attached hydrogen (secondary N) is 2. The third-order valence-electron chi connectivity index (χ3n) is 7.60. The van der Waals surface area contributed by atoms with Gasteiger partial charge in [0.25, 0.3) is 0 Å². The highest BCUT2D eigenvalue weighted by Crippen LogP contribution is 2.32. The Kier molecular flexibility index (Phi) is 8.51. The van der Waals surface area contributed by atoms with Crippen molar-refractivity contribution in [3.63, 3.8) is 0 Å². The number of ketones is 1. The maximum Gasteiger partial charge on any atom is 0.413 e. The molecule has 218 valence electrons. The van der Waals surface area contributed by atoms with Crippen LogP contribution in [0.3, 0.4) is 0 Å². The SMILES string of the molecule is CCCN(Cc1cc(-c2ccc3nc(NC(=O)OC)[nH]c3c2)ccc1C)C(=O)N1CCC(=O)CC1c1cccc(F)c1. The number of fused-ring (bicyclic) bond motifs is 1. The summed E-state index contributed by atoms with van der Waals surface area (Å²) in [5, 5.41) is 2.54. The van der Waals surface area contributed by atoms with Gasteiger partial charge in [-0.1, -0.05) is 37.3 Å². The van der Waals surface area contributed by atoms with Crippen LogP contribution in [-0.2, 0) is 16.1 Å². The lowest BCUT2D eigenvalue weighted by molar-refractivity contribution is -0.122. The van der Waals surface area contributed by atoms with E-state index < -0.39 is 12.1 Å². The molecule has 0 saturated carbocycles. The van der Waals surface area contributed by atoms with Gasteiger partial charge in [0.2, 0.25) is 5.95 Å². The van der Waals surface area contributed by atoms with Crippen LogP contribution in [0.5, 0.6) is 0 Å². The number of carbonyl (C=O) groups excluding carboxylic acids is 3. The predicted octanol–water partition coefficient (Wildman–Crippen LogP) is 6.59. The zero-order chi connectivity index (χ0) is 29.8. The van der Waals surface area contributed by atoms with Gasteiger partial charge in [-0.15, -0.1) is 0 Å². The number of methoxy groups -OCH3 is 1. The number of nitrogens with zero attached hydrogens (tertiary/aromatic N) is 3. The maximum atomic E-state index is 14.1. The van der Waals surface area contributed by atoms with Crippen LogP contribution in [0.15, 0.2) is 60.7 Å². The number of carbonyl (C=O) groups is 3. The van der Waals surface area contributed by atoms with Crippen LogP contribution in [0.1, 0.15) is 48.9 Å². The summed E-state index contributed by atoms with van der Waals surface area (Å²) in [7, 11) is 1.29. The lowest BCUT2D eigenvalue weighted by Crippen LogP contribution is -2.48. The molecular weight excluding hydrogens is 537 g/mol. The molecule has 10 heteroatoms. The summed E-state index contributed by atoms with van der Waals surface area (Å²) in [6.07, 6.45) is 0.623. The molecule has 2 N–H and O–H groups in total. The number of H-pyrrole nitrogens is 1. The Morgan fingerprint density at radius 1 is 1.14 bits per heavy atom. The van der Waals surface area contributed by atoms with E-state index in [2.05, 4.69) is 26.1 Å². The van der Waals surface area contributed by atoms with Gasteiger partial charge in [-0.05, 0) is 71.5 Å². The number of piperidine rings is 1. The van der Waals surface area contributed by atoms with Gasteiger partial charge >= 0.3 is 12.1 Å². The average molecular weight is 572 g/mol. The molecule has 4 aromatic rings. The summed E-state index contributed by atoms with van der Waals surface area (Å²) in [6, 6.07) is 17.5. The summed E-state index contributed by atoms with van der Waals surface area (Å²) in [6.45, 7) is 5.28. The summed E-state index contributed by atoms with van der Waals surface area (Å²) >= 11 is 0. The number of urea groups is 1. The van der Waals surface area contributed by atoms with Crippen molar-refractivity contribution in [1.29, 1.82) is 0 Å². The molecule has 3 aromatic carbocycles. The number of benzene rings is 3. The van der Waals surface area contributed by atoms with Crippen molar-refractivity contribution >= 4 is 34.9 Å². The molecular formula is C32H34FN5O4. The highest BCUT2D eigenvalue weighted by atomic mass is 19.1. The van der Waals surface area contributed by atoms with Crippen molar-refractivity contribution < 1.29 is 23.5 Å². The lowest BCUT2D eigenvalue weighted by Gasteiger charge is -2.39. The smallest absolute Gasteiger partial charge is 0.413 e. The number of ether oxygens (including phenoxy) is 1. The molecule has 1 saturated heterocycles. The fraction of sp³-hybridized carbons (Fsp3) is 0.312. The van der Waals surface area contributed by atoms with E-state index in [9.17, 15) is 18.8 Å². The van der Waals surface area contributed by atoms with Crippen molar-refractivity contribution in [3.05, 3.63) is 83.2 Å². The molecule has 0 bridgehead atoms. The summed E-state index contributed by atoms with van der Waals surface area (Å²) < 4.78 is 18.7. The number of halogens is 1. The first-order valence-electron chi connectivity index (χ1n) is 14.0. The topological polar surface area (TPSA) is 108 Å². The van der Waals surface area contributed by atoms with Crippen molar-refractivity contribution in [2.75, 3.05) is 25.5 Å². The highest BCUT2D eigenvalue weighted by molar-refractivity contribution is 5.88. The van der Waals surface area contributed by atoms with Gasteiger partial charge in [0.05, 0.1) is 24.2 Å². The lowest BCUT2D eigenvalue weighted by atomic mass is 9.94. The predicted molar refractivity (Wildman–Crippen MR) is 158 cm³/mol. The molecule has 0 spiro atoms. The average Bonchev–Trinajstić information content (AvgIpc) is 3.39. The number of anilines is 1. The molecule has 1 aliphatic heterocycles. The Balaban J connectivity index is 1.40. The number of rotatable bonds is 7. The number of hydrogen-bond acceptors (Lipinski definition) is 5. The maximum absolute atomic E-state index is 14.1. The van der Waals surface area contributed by atoms with E-state index in [-0.39, 0.29) is 24.1 Å². The Morgan fingerprint density at radius 3 is 2.69 bits per heavy atom. The van der Waals surface area contributed by atoms with E-state index in [1.165, 1.54) is 19.2 Å². The first-order valence-corrected chi connectivity index (χ1v) is 14.0. The van der Waals surface area contributed by atoms with Crippen LogP contribution in [0.25, 0.3) is 22.2 Å². The van der Waals surface area contributed by atoms with Crippen molar-refractivity contribution in [1.82, 2.24) is 19.8 Å². The van der Waals surface area contributed by atoms with Gasteiger partial charge in [-0.25, -0.2) is 19.0 Å². The molecule has 0 aliphatic carbocycles. The standard InChI is InChI=1S/C32H34FN5O4/c1-4-13-37(32(41)38-14-12-26(39)18-29(38)23-6-5-7-25(33)16-23)19-24-15-21(9-8-20(24)2)22-10-11-27-28(17-22)35-30(34-27)36-31(40)42-3/h5-11,15-17,29H,4,12-14,18-19H2,1-3H3,(H2,34,35,36,40). The molecule has 1 fully saturated rings. The van der Waals surface area contributed by atoms with Crippen molar-refractivity contribution in [3.8, 4) is 11.1 Å². The molecule has 1 aromatic heterocycles. The second-order valence-corrected chi connectivity index (χ2v) is 10.5. The Bertz CT molecular complexity index is 1630. The van der Waals surface area contributed by atoms with E-state index in [0.717, 1.165) is 34.2 Å². The van der Waals surface area contributed by atoms with Crippen molar-refractivity contribution in [2.24, 2.45) is 0 Å². The van der Waals surface area contributed by atoms with E-state index >= 15 is 0 Å². The molecule has 3 amide bonds. The molecule has 1 atom stereocenters. The summed E-state index contributed by atoms with van der Waals surface area (Å²) in [5.41, 5.74) is 6.06. The third-order valence-corrected chi connectivity index (χ3v) is 7.60. The molecule has 5 rings (SSSR count). The van der Waals surface area contributed by atoms with Gasteiger partial charge < -0.3 is 19.5 Å². The quantitative estimate of drug-likeness (QED) is 0.260. The van der Waals surface area contributed by atoms with E-state index in [1.54, 1.807) is 17.0 Å². The van der Waals surface area contributed by atoms with E-state index in [1.807, 2.05) is 49.1 Å².